The van der Waals surface area contributed by atoms with Crippen molar-refractivity contribution in [3.63, 3.8) is 0 Å². The Morgan fingerprint density at radius 2 is 1.67 bits per heavy atom. The standard InChI is InChI=1S/C25H25F3N4O6S/c1-15(2)21(22(34)25(26,27)28)30-20(33)14-32-23(16-9-11-17(38-3)12-10-16)29-13-19(24(32)35)31-39(36,37)18-7-5-4-6-8-18/h4-13,15,21,31H,14H2,1-3H3,(H,30,33). The summed E-state index contributed by atoms with van der Waals surface area (Å²) < 4.78 is 72.8. The van der Waals surface area contributed by atoms with Gasteiger partial charge in [-0.25, -0.2) is 13.4 Å². The number of amides is 1. The van der Waals surface area contributed by atoms with Gasteiger partial charge in [0.1, 0.15) is 23.8 Å². The van der Waals surface area contributed by atoms with Crippen molar-refractivity contribution in [2.24, 2.45) is 5.92 Å². The summed E-state index contributed by atoms with van der Waals surface area (Å²) >= 11 is 0. The number of hydrogen-bond donors (Lipinski definition) is 2. The third-order valence-corrected chi connectivity index (χ3v) is 6.92. The zero-order chi connectivity index (χ0) is 29.0. The minimum absolute atomic E-state index is 0.0799. The maximum Gasteiger partial charge on any atom is 0.452 e. The molecule has 1 unspecified atom stereocenters. The van der Waals surface area contributed by atoms with Gasteiger partial charge >= 0.3 is 6.18 Å². The van der Waals surface area contributed by atoms with E-state index in [2.05, 4.69) is 9.71 Å². The minimum Gasteiger partial charge on any atom is -0.497 e. The number of anilines is 1. The Morgan fingerprint density at radius 3 is 2.21 bits per heavy atom. The molecule has 3 rings (SSSR count). The number of nitrogens with one attached hydrogen (secondary N) is 2. The average molecular weight is 567 g/mol. The Labute approximate surface area is 221 Å². The van der Waals surface area contributed by atoms with E-state index >= 15 is 0 Å². The van der Waals surface area contributed by atoms with Gasteiger partial charge < -0.3 is 10.1 Å². The smallest absolute Gasteiger partial charge is 0.452 e. The van der Waals surface area contributed by atoms with Crippen LogP contribution in [0.5, 0.6) is 5.75 Å². The number of methoxy groups -OCH3 is 1. The molecule has 14 heteroatoms. The van der Waals surface area contributed by atoms with Crippen LogP contribution in [0.3, 0.4) is 0 Å². The van der Waals surface area contributed by atoms with Crippen molar-refractivity contribution in [2.45, 2.75) is 37.5 Å². The second-order valence-electron chi connectivity index (χ2n) is 8.69. The third-order valence-electron chi connectivity index (χ3n) is 5.54. The number of aromatic nitrogens is 2. The van der Waals surface area contributed by atoms with Crippen LogP contribution in [0.1, 0.15) is 13.8 Å². The number of ether oxygens (including phenoxy) is 1. The first-order valence-electron chi connectivity index (χ1n) is 11.5. The first-order chi connectivity index (χ1) is 18.2. The van der Waals surface area contributed by atoms with Crippen molar-refractivity contribution in [2.75, 3.05) is 11.8 Å². The first-order valence-corrected chi connectivity index (χ1v) is 13.0. The predicted octanol–water partition coefficient (Wildman–Crippen LogP) is 2.99. The highest BCUT2D eigenvalue weighted by atomic mass is 32.2. The first kappa shape index (κ1) is 29.4. The van der Waals surface area contributed by atoms with Crippen LogP contribution in [-0.4, -0.2) is 49.0 Å². The van der Waals surface area contributed by atoms with Crippen LogP contribution in [0.2, 0.25) is 0 Å². The molecular formula is C25H25F3N4O6S. The fourth-order valence-corrected chi connectivity index (χ4v) is 4.62. The molecule has 0 saturated carbocycles. The van der Waals surface area contributed by atoms with Crippen LogP contribution in [0, 0.1) is 5.92 Å². The number of carbonyl (C=O) groups is 2. The monoisotopic (exact) mass is 566 g/mol. The molecule has 10 nitrogen and oxygen atoms in total. The molecule has 0 bridgehead atoms. The largest absolute Gasteiger partial charge is 0.497 e. The third kappa shape index (κ3) is 7.02. The molecule has 1 aromatic heterocycles. The van der Waals surface area contributed by atoms with Gasteiger partial charge in [-0.3, -0.25) is 23.7 Å². The maximum atomic E-state index is 13.4. The number of rotatable bonds is 10. The quantitative estimate of drug-likeness (QED) is 0.385. The van der Waals surface area contributed by atoms with Crippen LogP contribution < -0.4 is 20.3 Å². The van der Waals surface area contributed by atoms with Crippen LogP contribution in [0.4, 0.5) is 18.9 Å². The topological polar surface area (TPSA) is 136 Å². The molecule has 39 heavy (non-hydrogen) atoms. The average Bonchev–Trinajstić information content (AvgIpc) is 2.89. The Hall–Kier alpha value is -4.20. The second kappa shape index (κ2) is 11.7. The molecule has 1 atom stereocenters. The number of alkyl halides is 3. The zero-order valence-corrected chi connectivity index (χ0v) is 21.8. The normalized spacial score (nSPS) is 12.6. The number of nitrogens with zero attached hydrogens (tertiary/aromatic N) is 2. The van der Waals surface area contributed by atoms with Gasteiger partial charge in [0.05, 0.1) is 24.2 Å². The lowest BCUT2D eigenvalue weighted by Gasteiger charge is -2.23. The van der Waals surface area contributed by atoms with Crippen LogP contribution in [0.15, 0.2) is 70.5 Å². The fourth-order valence-electron chi connectivity index (χ4n) is 3.56. The second-order valence-corrected chi connectivity index (χ2v) is 10.4. The van der Waals surface area contributed by atoms with Gasteiger partial charge in [-0.1, -0.05) is 32.0 Å². The highest BCUT2D eigenvalue weighted by Gasteiger charge is 2.45. The van der Waals surface area contributed by atoms with Gasteiger partial charge in [0.2, 0.25) is 5.91 Å². The lowest BCUT2D eigenvalue weighted by atomic mass is 9.99. The van der Waals surface area contributed by atoms with E-state index in [-0.39, 0.29) is 10.7 Å². The van der Waals surface area contributed by atoms with E-state index in [0.29, 0.717) is 11.3 Å². The molecule has 0 aliphatic carbocycles. The van der Waals surface area contributed by atoms with E-state index in [1.54, 1.807) is 18.2 Å². The van der Waals surface area contributed by atoms with Gasteiger partial charge in [-0.2, -0.15) is 13.2 Å². The lowest BCUT2D eigenvalue weighted by Crippen LogP contribution is -2.51. The number of sulfonamides is 1. The van der Waals surface area contributed by atoms with Gasteiger partial charge in [-0.15, -0.1) is 0 Å². The summed E-state index contributed by atoms with van der Waals surface area (Å²) in [5.41, 5.74) is -1.17. The number of carbonyl (C=O) groups excluding carboxylic acids is 2. The number of halogens is 3. The molecule has 0 aliphatic heterocycles. The van der Waals surface area contributed by atoms with E-state index in [0.717, 1.165) is 10.8 Å². The van der Waals surface area contributed by atoms with Crippen molar-refractivity contribution >= 4 is 27.4 Å². The SMILES string of the molecule is COc1ccc(-c2ncc(NS(=O)(=O)c3ccccc3)c(=O)n2CC(=O)NC(C(=O)C(F)(F)F)C(C)C)cc1. The number of ketones is 1. The van der Waals surface area contributed by atoms with Crippen molar-refractivity contribution in [3.8, 4) is 17.1 Å². The predicted molar refractivity (Wildman–Crippen MR) is 136 cm³/mol. The maximum absolute atomic E-state index is 13.4. The van der Waals surface area contributed by atoms with Gasteiger partial charge in [-0.05, 0) is 42.3 Å². The van der Waals surface area contributed by atoms with Crippen molar-refractivity contribution < 1.29 is 35.9 Å². The summed E-state index contributed by atoms with van der Waals surface area (Å²) in [7, 11) is -2.78. The lowest BCUT2D eigenvalue weighted by molar-refractivity contribution is -0.174. The van der Waals surface area contributed by atoms with Crippen LogP contribution in [-0.2, 0) is 26.2 Å². The van der Waals surface area contributed by atoms with Crippen molar-refractivity contribution in [1.82, 2.24) is 14.9 Å². The van der Waals surface area contributed by atoms with Crippen molar-refractivity contribution in [3.05, 3.63) is 71.1 Å². The van der Waals surface area contributed by atoms with E-state index in [4.69, 9.17) is 4.74 Å². The Kier molecular flexibility index (Phi) is 8.79. The molecule has 0 fully saturated rings. The number of benzene rings is 2. The Balaban J connectivity index is 2.04. The van der Waals surface area contributed by atoms with Crippen molar-refractivity contribution in [1.29, 1.82) is 0 Å². The fraction of sp³-hybridized carbons (Fsp3) is 0.280. The van der Waals surface area contributed by atoms with E-state index < -0.39 is 57.6 Å². The number of Topliss-reactive ketones (excluding diaryl/α,β-unsaturated/α-hetero) is 1. The molecule has 2 N–H and O–H groups in total. The molecule has 1 heterocycles. The number of hydrogen-bond acceptors (Lipinski definition) is 7. The molecule has 0 saturated heterocycles. The highest BCUT2D eigenvalue weighted by Crippen LogP contribution is 2.23. The summed E-state index contributed by atoms with van der Waals surface area (Å²) in [5, 5.41) is 2.03. The molecule has 1 amide bonds. The summed E-state index contributed by atoms with van der Waals surface area (Å²) in [6, 6.07) is 11.4. The van der Waals surface area contributed by atoms with E-state index in [1.807, 2.05) is 5.32 Å². The van der Waals surface area contributed by atoms with E-state index in [1.165, 1.54) is 57.4 Å². The Morgan fingerprint density at radius 1 is 1.05 bits per heavy atom. The summed E-state index contributed by atoms with van der Waals surface area (Å²) in [6.07, 6.45) is -4.22. The minimum atomic E-state index is -5.19. The summed E-state index contributed by atoms with van der Waals surface area (Å²) in [5.74, 6) is -3.75. The van der Waals surface area contributed by atoms with E-state index in [9.17, 15) is 36.0 Å². The molecule has 3 aromatic rings. The van der Waals surface area contributed by atoms with Gasteiger partial charge in [0.15, 0.2) is 0 Å². The highest BCUT2D eigenvalue weighted by molar-refractivity contribution is 7.92. The molecule has 0 spiro atoms. The summed E-state index contributed by atoms with van der Waals surface area (Å²) in [4.78, 5) is 42.1. The zero-order valence-electron chi connectivity index (χ0n) is 21.0. The Bertz CT molecular complexity index is 1510. The van der Waals surface area contributed by atoms with Crippen LogP contribution in [0.25, 0.3) is 11.4 Å². The molecule has 208 valence electrons. The molecule has 0 radical (unpaired) electrons. The van der Waals surface area contributed by atoms with Gasteiger partial charge in [0.25, 0.3) is 21.4 Å². The molecule has 2 aromatic carbocycles. The molecular weight excluding hydrogens is 541 g/mol. The molecule has 0 aliphatic rings. The summed E-state index contributed by atoms with van der Waals surface area (Å²) in [6.45, 7) is 1.79. The van der Waals surface area contributed by atoms with Gasteiger partial charge in [0, 0.05) is 5.56 Å². The van der Waals surface area contributed by atoms with Crippen LogP contribution >= 0.6 is 0 Å².